The van der Waals surface area contributed by atoms with Crippen LogP contribution in [0.2, 0.25) is 0 Å². The predicted molar refractivity (Wildman–Crippen MR) is 212 cm³/mol. The van der Waals surface area contributed by atoms with E-state index in [0.717, 1.165) is 19.3 Å². The lowest BCUT2D eigenvalue weighted by atomic mass is 9.94. The summed E-state index contributed by atoms with van der Waals surface area (Å²) in [6, 6.07) is 13.8. The van der Waals surface area contributed by atoms with E-state index in [1.54, 1.807) is 30.3 Å². The topological polar surface area (TPSA) is 161 Å². The SMILES string of the molecule is CC.O=C(NCCOCCOCCOCCOCCOCCOCCNC(=O)C1CC=CCC1)c1cccc(-c2cc(Nc3ccc(OC(F)(F)F)cc3)ncn2)c1. The zero-order valence-electron chi connectivity index (χ0n) is 33.2. The van der Waals surface area contributed by atoms with Gasteiger partial charge in [0.1, 0.15) is 17.9 Å². The van der Waals surface area contributed by atoms with Gasteiger partial charge in [0.05, 0.1) is 85.0 Å². The van der Waals surface area contributed by atoms with Crippen molar-refractivity contribution in [3.63, 3.8) is 0 Å². The number of alkyl halides is 3. The average molecular weight is 820 g/mol. The minimum atomic E-state index is -4.77. The smallest absolute Gasteiger partial charge is 0.406 e. The van der Waals surface area contributed by atoms with Crippen LogP contribution in [0.25, 0.3) is 11.3 Å². The van der Waals surface area contributed by atoms with E-state index in [0.29, 0.717) is 121 Å². The van der Waals surface area contributed by atoms with Crippen molar-refractivity contribution < 1.29 is 55.9 Å². The number of anilines is 2. The number of benzene rings is 2. The maximum Gasteiger partial charge on any atom is 0.573 e. The fourth-order valence-corrected chi connectivity index (χ4v) is 5.25. The van der Waals surface area contributed by atoms with Gasteiger partial charge in [-0.05, 0) is 55.7 Å². The summed E-state index contributed by atoms with van der Waals surface area (Å²) >= 11 is 0. The van der Waals surface area contributed by atoms with E-state index in [2.05, 4.69) is 42.8 Å². The zero-order valence-corrected chi connectivity index (χ0v) is 33.2. The van der Waals surface area contributed by atoms with Crippen molar-refractivity contribution >= 4 is 23.3 Å². The summed E-state index contributed by atoms with van der Waals surface area (Å²) < 4.78 is 74.1. The lowest BCUT2D eigenvalue weighted by Gasteiger charge is -2.17. The molecule has 2 aromatic carbocycles. The molecule has 1 aliphatic carbocycles. The van der Waals surface area contributed by atoms with E-state index >= 15 is 0 Å². The van der Waals surface area contributed by atoms with Crippen LogP contribution in [0.5, 0.6) is 5.75 Å². The van der Waals surface area contributed by atoms with Gasteiger partial charge < -0.3 is 49.1 Å². The van der Waals surface area contributed by atoms with Gasteiger partial charge in [-0.25, -0.2) is 9.97 Å². The Labute approximate surface area is 338 Å². The lowest BCUT2D eigenvalue weighted by molar-refractivity contribution is -0.274. The standard InChI is InChI=1S/C39H50F3N5O9.C2H6/c40-39(41,42)56-34-11-9-33(10-12-34)47-36-28-35(45-29-46-36)31-7-4-8-32(27-31)38(49)44-14-16-51-18-20-53-22-24-55-26-25-54-23-21-52-19-17-50-15-13-43-37(48)30-5-2-1-3-6-30;1-2/h1-2,4,7-12,27-30H,3,5-6,13-26H2,(H,43,48)(H,44,49)(H,45,46,47);1-2H3. The number of allylic oxidation sites excluding steroid dienone is 2. The number of hydrogen-bond acceptors (Lipinski definition) is 12. The minimum Gasteiger partial charge on any atom is -0.406 e. The number of amides is 2. The summed E-state index contributed by atoms with van der Waals surface area (Å²) in [5.41, 5.74) is 2.15. The Hall–Kier alpha value is -4.65. The summed E-state index contributed by atoms with van der Waals surface area (Å²) in [4.78, 5) is 33.2. The molecule has 17 heteroatoms. The van der Waals surface area contributed by atoms with Crippen LogP contribution >= 0.6 is 0 Å². The number of aromatic nitrogens is 2. The Bertz CT molecular complexity index is 1620. The number of halogens is 3. The maximum atomic E-state index is 12.7. The summed E-state index contributed by atoms with van der Waals surface area (Å²) in [6.45, 7) is 9.87. The van der Waals surface area contributed by atoms with E-state index < -0.39 is 6.36 Å². The van der Waals surface area contributed by atoms with Crippen LogP contribution in [0.15, 0.2) is 73.1 Å². The number of hydrogen-bond donors (Lipinski definition) is 3. The first kappa shape index (κ1) is 47.7. The molecule has 0 saturated carbocycles. The third-order valence-corrected chi connectivity index (χ3v) is 8.03. The van der Waals surface area contributed by atoms with E-state index in [1.807, 2.05) is 13.8 Å². The molecule has 0 saturated heterocycles. The predicted octanol–water partition coefficient (Wildman–Crippen LogP) is 6.11. The van der Waals surface area contributed by atoms with Crippen LogP contribution in [0.1, 0.15) is 43.5 Å². The normalized spacial score (nSPS) is 13.6. The van der Waals surface area contributed by atoms with Crippen molar-refractivity contribution in [2.24, 2.45) is 5.92 Å². The van der Waals surface area contributed by atoms with Crippen molar-refractivity contribution in [3.05, 3.63) is 78.6 Å². The molecule has 0 bridgehead atoms. The number of rotatable bonds is 27. The average Bonchev–Trinajstić information content (AvgIpc) is 3.24. The molecule has 0 radical (unpaired) electrons. The molecule has 58 heavy (non-hydrogen) atoms. The highest BCUT2D eigenvalue weighted by atomic mass is 19.4. The summed E-state index contributed by atoms with van der Waals surface area (Å²) in [6.07, 6.45) is 3.44. The van der Waals surface area contributed by atoms with Crippen LogP contribution in [0.3, 0.4) is 0 Å². The first-order chi connectivity index (χ1) is 28.3. The Morgan fingerprint density at radius 3 is 1.83 bits per heavy atom. The number of nitrogens with zero attached hydrogens (tertiary/aromatic N) is 2. The fraction of sp³-hybridized carbons (Fsp3) is 0.512. The molecule has 1 aromatic heterocycles. The number of ether oxygens (including phenoxy) is 7. The molecular formula is C41H56F3N5O9. The number of carbonyl (C=O) groups is 2. The molecule has 2 amide bonds. The second-order valence-corrected chi connectivity index (χ2v) is 12.3. The second-order valence-electron chi connectivity index (χ2n) is 12.3. The molecule has 4 rings (SSSR count). The van der Waals surface area contributed by atoms with Crippen LogP contribution in [0.4, 0.5) is 24.7 Å². The molecule has 1 unspecified atom stereocenters. The Morgan fingerprint density at radius 2 is 1.28 bits per heavy atom. The Balaban J connectivity index is 0.00000443. The fourth-order valence-electron chi connectivity index (χ4n) is 5.25. The Kier molecular flexibility index (Phi) is 23.6. The molecule has 0 spiro atoms. The number of nitrogens with one attached hydrogen (secondary N) is 3. The van der Waals surface area contributed by atoms with Gasteiger partial charge in [0.2, 0.25) is 5.91 Å². The first-order valence-electron chi connectivity index (χ1n) is 19.5. The van der Waals surface area contributed by atoms with Crippen LogP contribution < -0.4 is 20.7 Å². The molecule has 0 aliphatic heterocycles. The zero-order chi connectivity index (χ0) is 41.7. The molecule has 1 heterocycles. The highest BCUT2D eigenvalue weighted by Gasteiger charge is 2.31. The first-order valence-corrected chi connectivity index (χ1v) is 19.5. The van der Waals surface area contributed by atoms with Crippen molar-refractivity contribution in [1.29, 1.82) is 0 Å². The van der Waals surface area contributed by atoms with Crippen molar-refractivity contribution in [3.8, 4) is 17.0 Å². The van der Waals surface area contributed by atoms with Crippen molar-refractivity contribution in [2.75, 3.05) is 97.7 Å². The Morgan fingerprint density at radius 1 is 0.707 bits per heavy atom. The monoisotopic (exact) mass is 819 g/mol. The minimum absolute atomic E-state index is 0.0796. The van der Waals surface area contributed by atoms with Gasteiger partial charge in [-0.1, -0.05) is 38.1 Å². The molecular weight excluding hydrogens is 763 g/mol. The van der Waals surface area contributed by atoms with E-state index in [4.69, 9.17) is 28.4 Å². The van der Waals surface area contributed by atoms with E-state index in [1.165, 1.54) is 30.6 Å². The van der Waals surface area contributed by atoms with Crippen LogP contribution in [-0.4, -0.2) is 121 Å². The third kappa shape index (κ3) is 20.7. The molecule has 0 fully saturated rings. The van der Waals surface area contributed by atoms with E-state index in [9.17, 15) is 22.8 Å². The van der Waals surface area contributed by atoms with Gasteiger partial charge in [-0.2, -0.15) is 0 Å². The van der Waals surface area contributed by atoms with Gasteiger partial charge in [-0.3, -0.25) is 9.59 Å². The van der Waals surface area contributed by atoms with Gasteiger partial charge in [0.25, 0.3) is 5.91 Å². The van der Waals surface area contributed by atoms with Gasteiger partial charge in [0.15, 0.2) is 0 Å². The third-order valence-electron chi connectivity index (χ3n) is 8.03. The van der Waals surface area contributed by atoms with E-state index in [-0.39, 0.29) is 23.5 Å². The van der Waals surface area contributed by atoms with Crippen molar-refractivity contribution in [1.82, 2.24) is 20.6 Å². The van der Waals surface area contributed by atoms with Crippen LogP contribution in [-0.2, 0) is 33.2 Å². The summed E-state index contributed by atoms with van der Waals surface area (Å²) in [7, 11) is 0. The molecule has 320 valence electrons. The van der Waals surface area contributed by atoms with Crippen LogP contribution in [0, 0.1) is 5.92 Å². The molecule has 1 aliphatic rings. The molecule has 3 N–H and O–H groups in total. The molecule has 14 nitrogen and oxygen atoms in total. The highest BCUT2D eigenvalue weighted by Crippen LogP contribution is 2.26. The van der Waals surface area contributed by atoms with Gasteiger partial charge >= 0.3 is 6.36 Å². The maximum absolute atomic E-state index is 12.7. The lowest BCUT2D eigenvalue weighted by Crippen LogP contribution is -2.33. The highest BCUT2D eigenvalue weighted by molar-refractivity contribution is 5.95. The summed E-state index contributed by atoms with van der Waals surface area (Å²) in [5, 5.41) is 8.75. The van der Waals surface area contributed by atoms with Gasteiger partial charge in [-0.15, -0.1) is 13.2 Å². The molecule has 1 atom stereocenters. The largest absolute Gasteiger partial charge is 0.573 e. The molecule has 3 aromatic rings. The quantitative estimate of drug-likeness (QED) is 0.0599. The summed E-state index contributed by atoms with van der Waals surface area (Å²) in [5.74, 6) is -0.0221. The van der Waals surface area contributed by atoms with Crippen molar-refractivity contribution in [2.45, 2.75) is 39.5 Å². The van der Waals surface area contributed by atoms with Gasteiger partial charge in [0, 0.05) is 41.9 Å². The number of carbonyl (C=O) groups excluding carboxylic acids is 2. The second kappa shape index (κ2) is 28.7.